The first-order valence-corrected chi connectivity index (χ1v) is 9.07. The Morgan fingerprint density at radius 3 is 2.54 bits per heavy atom. The van der Waals surface area contributed by atoms with Crippen LogP contribution >= 0.6 is 0 Å². The number of hydrogen-bond acceptors (Lipinski definition) is 5. The number of esters is 1. The summed E-state index contributed by atoms with van der Waals surface area (Å²) in [6, 6.07) is 8.75. The largest absolute Gasteiger partial charge is 0.490 e. The fourth-order valence-electron chi connectivity index (χ4n) is 2.36. The minimum atomic E-state index is -0.672. The second kappa shape index (κ2) is 10.3. The molecule has 0 aromatic heterocycles. The summed E-state index contributed by atoms with van der Waals surface area (Å²) >= 11 is 0. The summed E-state index contributed by atoms with van der Waals surface area (Å²) < 4.78 is 29.4. The van der Waals surface area contributed by atoms with Gasteiger partial charge in [0.15, 0.2) is 18.1 Å². The molecule has 7 heteroatoms. The first kappa shape index (κ1) is 21.2. The normalized spacial score (nSPS) is 10.3. The van der Waals surface area contributed by atoms with Crippen molar-refractivity contribution in [1.29, 1.82) is 0 Å². The highest BCUT2D eigenvalue weighted by Crippen LogP contribution is 2.29. The molecule has 150 valence electrons. The highest BCUT2D eigenvalue weighted by molar-refractivity contribution is 5.96. The number of halogens is 1. The van der Waals surface area contributed by atoms with E-state index in [9.17, 15) is 14.0 Å². The Hall–Kier alpha value is -3.09. The fourth-order valence-corrected chi connectivity index (χ4v) is 2.36. The molecule has 0 saturated heterocycles. The number of aryl methyl sites for hydroxylation is 1. The molecule has 0 spiro atoms. The van der Waals surface area contributed by atoms with E-state index in [1.165, 1.54) is 18.2 Å². The number of nitrogens with one attached hydrogen (secondary N) is 1. The van der Waals surface area contributed by atoms with Crippen LogP contribution in [0.1, 0.15) is 36.2 Å². The van der Waals surface area contributed by atoms with E-state index in [1.54, 1.807) is 25.1 Å². The van der Waals surface area contributed by atoms with Crippen LogP contribution in [0.4, 0.5) is 10.1 Å². The Kier molecular flexibility index (Phi) is 7.80. The second-order valence-electron chi connectivity index (χ2n) is 6.03. The van der Waals surface area contributed by atoms with E-state index in [1.807, 2.05) is 13.8 Å². The molecule has 2 aromatic carbocycles. The van der Waals surface area contributed by atoms with Crippen LogP contribution in [0.25, 0.3) is 0 Å². The smallest absolute Gasteiger partial charge is 0.338 e. The lowest BCUT2D eigenvalue weighted by Gasteiger charge is -2.13. The van der Waals surface area contributed by atoms with Crippen molar-refractivity contribution in [1.82, 2.24) is 0 Å². The molecule has 0 atom stereocenters. The van der Waals surface area contributed by atoms with Gasteiger partial charge in [-0.05, 0) is 56.2 Å². The summed E-state index contributed by atoms with van der Waals surface area (Å²) in [5.41, 5.74) is 1.27. The maximum absolute atomic E-state index is 13.3. The molecule has 0 radical (unpaired) electrons. The standard InChI is InChI=1S/C21H24FNO5/c1-4-10-27-18-9-7-15(11-19(18)26-5-2)21(25)28-13-20(24)23-17-12-16(22)8-6-14(17)3/h6-9,11-12H,4-5,10,13H2,1-3H3,(H,23,24). The molecule has 2 rings (SSSR count). The van der Waals surface area contributed by atoms with E-state index in [0.717, 1.165) is 6.42 Å². The minimum Gasteiger partial charge on any atom is -0.490 e. The van der Waals surface area contributed by atoms with E-state index < -0.39 is 24.3 Å². The molecule has 2 aromatic rings. The first-order chi connectivity index (χ1) is 13.4. The van der Waals surface area contributed by atoms with Crippen molar-refractivity contribution in [3.8, 4) is 11.5 Å². The van der Waals surface area contributed by atoms with Gasteiger partial charge in [0.1, 0.15) is 5.82 Å². The van der Waals surface area contributed by atoms with Gasteiger partial charge in [-0.2, -0.15) is 0 Å². The average Bonchev–Trinajstić information content (AvgIpc) is 2.68. The van der Waals surface area contributed by atoms with Crippen molar-refractivity contribution < 1.29 is 28.2 Å². The van der Waals surface area contributed by atoms with E-state index >= 15 is 0 Å². The van der Waals surface area contributed by atoms with Crippen LogP contribution in [0.5, 0.6) is 11.5 Å². The van der Waals surface area contributed by atoms with Crippen LogP contribution in [0.3, 0.4) is 0 Å². The van der Waals surface area contributed by atoms with E-state index in [4.69, 9.17) is 14.2 Å². The number of amides is 1. The molecule has 0 fully saturated rings. The lowest BCUT2D eigenvalue weighted by atomic mass is 10.2. The molecule has 28 heavy (non-hydrogen) atoms. The predicted octanol–water partition coefficient (Wildman–Crippen LogP) is 4.12. The highest BCUT2D eigenvalue weighted by Gasteiger charge is 2.15. The van der Waals surface area contributed by atoms with Crippen molar-refractivity contribution in [2.24, 2.45) is 0 Å². The maximum Gasteiger partial charge on any atom is 0.338 e. The Morgan fingerprint density at radius 1 is 1.04 bits per heavy atom. The van der Waals surface area contributed by atoms with Gasteiger partial charge in [-0.1, -0.05) is 13.0 Å². The molecule has 1 N–H and O–H groups in total. The Morgan fingerprint density at radius 2 is 1.82 bits per heavy atom. The number of carbonyl (C=O) groups is 2. The van der Waals surface area contributed by atoms with Gasteiger partial charge in [-0.25, -0.2) is 9.18 Å². The quantitative estimate of drug-likeness (QED) is 0.653. The van der Waals surface area contributed by atoms with Crippen LogP contribution in [0.15, 0.2) is 36.4 Å². The second-order valence-corrected chi connectivity index (χ2v) is 6.03. The van der Waals surface area contributed by atoms with Crippen molar-refractivity contribution in [2.75, 3.05) is 25.1 Å². The van der Waals surface area contributed by atoms with Crippen molar-refractivity contribution in [3.63, 3.8) is 0 Å². The highest BCUT2D eigenvalue weighted by atomic mass is 19.1. The third-order valence-electron chi connectivity index (χ3n) is 3.75. The molecular formula is C21H24FNO5. The molecule has 0 heterocycles. The Labute approximate surface area is 163 Å². The fraction of sp³-hybridized carbons (Fsp3) is 0.333. The number of carbonyl (C=O) groups excluding carboxylic acids is 2. The zero-order valence-electron chi connectivity index (χ0n) is 16.2. The zero-order chi connectivity index (χ0) is 20.5. The number of anilines is 1. The van der Waals surface area contributed by atoms with Gasteiger partial charge in [-0.3, -0.25) is 4.79 Å². The van der Waals surface area contributed by atoms with Crippen molar-refractivity contribution in [3.05, 3.63) is 53.3 Å². The monoisotopic (exact) mass is 389 g/mol. The summed E-state index contributed by atoms with van der Waals surface area (Å²) in [5, 5.41) is 2.52. The van der Waals surface area contributed by atoms with Crippen LogP contribution in [-0.2, 0) is 9.53 Å². The first-order valence-electron chi connectivity index (χ1n) is 9.07. The molecular weight excluding hydrogens is 365 g/mol. The molecule has 0 bridgehead atoms. The summed E-state index contributed by atoms with van der Waals surface area (Å²) in [6.45, 7) is 6.00. The number of ether oxygens (including phenoxy) is 3. The molecule has 0 aliphatic rings. The van der Waals surface area contributed by atoms with Crippen molar-refractivity contribution in [2.45, 2.75) is 27.2 Å². The Balaban J connectivity index is 1.99. The lowest BCUT2D eigenvalue weighted by molar-refractivity contribution is -0.119. The SMILES string of the molecule is CCCOc1ccc(C(=O)OCC(=O)Nc2cc(F)ccc2C)cc1OCC. The molecule has 0 unspecified atom stereocenters. The van der Waals surface area contributed by atoms with Gasteiger partial charge < -0.3 is 19.5 Å². The van der Waals surface area contributed by atoms with E-state index in [2.05, 4.69) is 5.32 Å². The van der Waals surface area contributed by atoms with E-state index in [0.29, 0.717) is 36.0 Å². The third-order valence-corrected chi connectivity index (χ3v) is 3.75. The molecule has 0 saturated carbocycles. The van der Waals surface area contributed by atoms with Gasteiger partial charge in [-0.15, -0.1) is 0 Å². The van der Waals surface area contributed by atoms with Gasteiger partial charge >= 0.3 is 5.97 Å². The van der Waals surface area contributed by atoms with Crippen LogP contribution < -0.4 is 14.8 Å². The number of rotatable bonds is 9. The van der Waals surface area contributed by atoms with Gasteiger partial charge in [0.2, 0.25) is 0 Å². The zero-order valence-corrected chi connectivity index (χ0v) is 16.2. The minimum absolute atomic E-state index is 0.238. The summed E-state index contributed by atoms with van der Waals surface area (Å²) in [4.78, 5) is 24.2. The molecule has 0 aliphatic carbocycles. The van der Waals surface area contributed by atoms with Crippen LogP contribution in [0.2, 0.25) is 0 Å². The van der Waals surface area contributed by atoms with Gasteiger partial charge in [0, 0.05) is 5.69 Å². The molecule has 1 amide bonds. The van der Waals surface area contributed by atoms with Crippen LogP contribution in [-0.4, -0.2) is 31.7 Å². The number of hydrogen-bond donors (Lipinski definition) is 1. The third kappa shape index (κ3) is 5.97. The van der Waals surface area contributed by atoms with Gasteiger partial charge in [0.25, 0.3) is 5.91 Å². The van der Waals surface area contributed by atoms with Crippen LogP contribution in [0, 0.1) is 12.7 Å². The van der Waals surface area contributed by atoms with Gasteiger partial charge in [0.05, 0.1) is 18.8 Å². The van der Waals surface area contributed by atoms with E-state index in [-0.39, 0.29) is 5.56 Å². The maximum atomic E-state index is 13.3. The number of benzene rings is 2. The lowest BCUT2D eigenvalue weighted by Crippen LogP contribution is -2.21. The molecule has 6 nitrogen and oxygen atoms in total. The summed E-state index contributed by atoms with van der Waals surface area (Å²) in [5.74, 6) is -0.722. The average molecular weight is 389 g/mol. The predicted molar refractivity (Wildman–Crippen MR) is 103 cm³/mol. The summed E-state index contributed by atoms with van der Waals surface area (Å²) in [7, 11) is 0. The Bertz CT molecular complexity index is 838. The topological polar surface area (TPSA) is 73.9 Å². The summed E-state index contributed by atoms with van der Waals surface area (Å²) in [6.07, 6.45) is 0.843. The molecule has 0 aliphatic heterocycles. The van der Waals surface area contributed by atoms with Crippen molar-refractivity contribution >= 4 is 17.6 Å².